The minimum atomic E-state index is -0.591. The maximum atomic E-state index is 13.5. The van der Waals surface area contributed by atoms with Crippen LogP contribution in [0, 0.1) is 6.92 Å². The Kier molecular flexibility index (Phi) is 9.71. The summed E-state index contributed by atoms with van der Waals surface area (Å²) in [6.45, 7) is 9.04. The molecule has 1 heterocycles. The van der Waals surface area contributed by atoms with Crippen molar-refractivity contribution in [2.24, 2.45) is 0 Å². The van der Waals surface area contributed by atoms with Gasteiger partial charge in [-0.05, 0) is 54.7 Å². The largest absolute Gasteiger partial charge is 0.389 e. The molecule has 196 valence electrons. The maximum Gasteiger partial charge on any atom is 0.321 e. The van der Waals surface area contributed by atoms with Gasteiger partial charge in [-0.2, -0.15) is 0 Å². The number of hydrogen-bond acceptors (Lipinski definition) is 4. The summed E-state index contributed by atoms with van der Waals surface area (Å²) in [5.41, 5.74) is 5.03. The van der Waals surface area contributed by atoms with E-state index in [-0.39, 0.29) is 11.9 Å². The molecule has 2 N–H and O–H groups in total. The minimum Gasteiger partial charge on any atom is -0.389 e. The average molecular weight is 502 g/mol. The number of nitrogens with zero attached hydrogens (tertiary/aromatic N) is 2. The van der Waals surface area contributed by atoms with Gasteiger partial charge in [0, 0.05) is 44.3 Å². The van der Waals surface area contributed by atoms with Gasteiger partial charge in [-0.3, -0.25) is 4.90 Å². The van der Waals surface area contributed by atoms with Crippen LogP contribution in [-0.2, 0) is 4.74 Å². The number of aliphatic hydroxyl groups excluding tert-OH is 1. The van der Waals surface area contributed by atoms with Crippen LogP contribution in [0.3, 0.4) is 0 Å². The first-order valence-electron chi connectivity index (χ1n) is 13.3. The first-order chi connectivity index (χ1) is 18.0. The number of hydrogen-bond donors (Lipinski definition) is 2. The second-order valence-corrected chi connectivity index (χ2v) is 9.78. The number of nitrogens with one attached hydrogen (secondary N) is 1. The summed E-state index contributed by atoms with van der Waals surface area (Å²) in [6, 6.07) is 26.6. The summed E-state index contributed by atoms with van der Waals surface area (Å²) in [7, 11) is 0. The molecule has 3 aromatic rings. The van der Waals surface area contributed by atoms with Crippen molar-refractivity contribution < 1.29 is 14.6 Å². The molecule has 3 aromatic carbocycles. The molecule has 1 saturated heterocycles. The topological polar surface area (TPSA) is 65.0 Å². The number of aliphatic hydroxyl groups is 1. The van der Waals surface area contributed by atoms with E-state index in [0.717, 1.165) is 50.4 Å². The second-order valence-electron chi connectivity index (χ2n) is 9.78. The molecule has 6 heteroatoms. The maximum absolute atomic E-state index is 13.5. The van der Waals surface area contributed by atoms with Crippen LogP contribution >= 0.6 is 0 Å². The summed E-state index contributed by atoms with van der Waals surface area (Å²) < 4.78 is 5.50. The number of benzene rings is 3. The number of aryl methyl sites for hydroxylation is 1. The Bertz CT molecular complexity index is 1080. The van der Waals surface area contributed by atoms with Gasteiger partial charge in [0.25, 0.3) is 0 Å². The number of morpholine rings is 1. The summed E-state index contributed by atoms with van der Waals surface area (Å²) in [4.78, 5) is 17.8. The fourth-order valence-electron chi connectivity index (χ4n) is 4.95. The molecule has 1 atom stereocenters. The monoisotopic (exact) mass is 501 g/mol. The van der Waals surface area contributed by atoms with Crippen molar-refractivity contribution >= 4 is 11.7 Å². The van der Waals surface area contributed by atoms with Crippen LogP contribution in [0.1, 0.15) is 47.6 Å². The first-order valence-corrected chi connectivity index (χ1v) is 13.3. The van der Waals surface area contributed by atoms with Crippen LogP contribution < -0.4 is 5.32 Å². The molecule has 37 heavy (non-hydrogen) atoms. The Morgan fingerprint density at radius 1 is 0.973 bits per heavy atom. The normalized spacial score (nSPS) is 14.9. The lowest BCUT2D eigenvalue weighted by molar-refractivity contribution is 0.0351. The zero-order valence-electron chi connectivity index (χ0n) is 22.0. The fraction of sp³-hybridized carbons (Fsp3) is 0.387. The predicted octanol–water partition coefficient (Wildman–Crippen LogP) is 5.44. The standard InChI is InChI=1S/C31H39N3O3/c1-24-13-14-28(23-30(24)25(2)35)32-31(36)34(18-17-33-19-21-37-22-20-33)16-15-29(26-9-5-3-6-10-26)27-11-7-4-8-12-27/h3-14,23,25,29,35H,15-22H2,1-2H3,(H,32,36). The quantitative estimate of drug-likeness (QED) is 0.388. The SMILES string of the molecule is Cc1ccc(NC(=O)N(CCC(c2ccccc2)c2ccccc2)CCN2CCOCC2)cc1C(C)O. The van der Waals surface area contributed by atoms with Crippen LogP contribution in [0.4, 0.5) is 10.5 Å². The van der Waals surface area contributed by atoms with E-state index in [1.54, 1.807) is 6.92 Å². The van der Waals surface area contributed by atoms with Gasteiger partial charge in [0.15, 0.2) is 0 Å². The molecule has 2 amide bonds. The van der Waals surface area contributed by atoms with Crippen molar-refractivity contribution in [3.8, 4) is 0 Å². The van der Waals surface area contributed by atoms with E-state index in [1.807, 2.05) is 42.2 Å². The molecular formula is C31H39N3O3. The van der Waals surface area contributed by atoms with Gasteiger partial charge in [-0.1, -0.05) is 66.7 Å². The van der Waals surface area contributed by atoms with Gasteiger partial charge in [0.2, 0.25) is 0 Å². The van der Waals surface area contributed by atoms with Gasteiger partial charge in [-0.15, -0.1) is 0 Å². The zero-order chi connectivity index (χ0) is 26.0. The highest BCUT2D eigenvalue weighted by molar-refractivity contribution is 5.89. The molecule has 0 radical (unpaired) electrons. The van der Waals surface area contributed by atoms with E-state index in [0.29, 0.717) is 18.8 Å². The van der Waals surface area contributed by atoms with Crippen LogP contribution in [0.2, 0.25) is 0 Å². The van der Waals surface area contributed by atoms with Crippen LogP contribution in [0.25, 0.3) is 0 Å². The van der Waals surface area contributed by atoms with Crippen LogP contribution in [-0.4, -0.2) is 66.9 Å². The third kappa shape index (κ3) is 7.65. The molecule has 1 aliphatic rings. The van der Waals surface area contributed by atoms with E-state index in [9.17, 15) is 9.90 Å². The van der Waals surface area contributed by atoms with Gasteiger partial charge in [0.05, 0.1) is 19.3 Å². The van der Waals surface area contributed by atoms with Crippen molar-refractivity contribution in [3.05, 3.63) is 101 Å². The van der Waals surface area contributed by atoms with E-state index in [4.69, 9.17) is 4.74 Å². The average Bonchev–Trinajstić information content (AvgIpc) is 2.93. The lowest BCUT2D eigenvalue weighted by Gasteiger charge is -2.31. The van der Waals surface area contributed by atoms with Crippen molar-refractivity contribution in [2.75, 3.05) is 51.3 Å². The molecule has 0 aliphatic carbocycles. The van der Waals surface area contributed by atoms with E-state index in [2.05, 4.69) is 58.7 Å². The predicted molar refractivity (Wildman–Crippen MR) is 149 cm³/mol. The summed E-state index contributed by atoms with van der Waals surface area (Å²) >= 11 is 0. The third-order valence-corrected chi connectivity index (χ3v) is 7.15. The second kappa shape index (κ2) is 13.4. The molecule has 1 unspecified atom stereocenters. The van der Waals surface area contributed by atoms with Crippen molar-refractivity contribution in [2.45, 2.75) is 32.3 Å². The minimum absolute atomic E-state index is 0.117. The van der Waals surface area contributed by atoms with E-state index in [1.165, 1.54) is 11.1 Å². The molecule has 4 rings (SSSR count). The number of carbonyl (C=O) groups excluding carboxylic acids is 1. The van der Waals surface area contributed by atoms with Gasteiger partial charge < -0.3 is 20.1 Å². The summed E-state index contributed by atoms with van der Waals surface area (Å²) in [6.07, 6.45) is 0.226. The Morgan fingerprint density at radius 3 is 2.19 bits per heavy atom. The van der Waals surface area contributed by atoms with Gasteiger partial charge in [0.1, 0.15) is 0 Å². The molecular weight excluding hydrogens is 462 g/mol. The fourth-order valence-corrected chi connectivity index (χ4v) is 4.95. The van der Waals surface area contributed by atoms with Crippen molar-refractivity contribution in [3.63, 3.8) is 0 Å². The summed E-state index contributed by atoms with van der Waals surface area (Å²) in [5, 5.41) is 13.2. The number of ether oxygens (including phenoxy) is 1. The highest BCUT2D eigenvalue weighted by Crippen LogP contribution is 2.28. The number of rotatable bonds is 10. The lowest BCUT2D eigenvalue weighted by Crippen LogP contribution is -2.44. The van der Waals surface area contributed by atoms with Crippen LogP contribution in [0.5, 0.6) is 0 Å². The van der Waals surface area contributed by atoms with Gasteiger partial charge in [-0.25, -0.2) is 4.79 Å². The lowest BCUT2D eigenvalue weighted by atomic mass is 9.88. The van der Waals surface area contributed by atoms with Crippen molar-refractivity contribution in [1.29, 1.82) is 0 Å². The number of anilines is 1. The van der Waals surface area contributed by atoms with Crippen molar-refractivity contribution in [1.82, 2.24) is 9.80 Å². The molecule has 0 saturated carbocycles. The Morgan fingerprint density at radius 2 is 1.59 bits per heavy atom. The molecule has 6 nitrogen and oxygen atoms in total. The highest BCUT2D eigenvalue weighted by atomic mass is 16.5. The number of urea groups is 1. The zero-order valence-corrected chi connectivity index (χ0v) is 22.0. The molecule has 0 aromatic heterocycles. The van der Waals surface area contributed by atoms with E-state index < -0.39 is 6.10 Å². The third-order valence-electron chi connectivity index (χ3n) is 7.15. The molecule has 1 fully saturated rings. The Labute approximate surface area is 220 Å². The molecule has 0 bridgehead atoms. The highest BCUT2D eigenvalue weighted by Gasteiger charge is 2.21. The smallest absolute Gasteiger partial charge is 0.321 e. The van der Waals surface area contributed by atoms with Gasteiger partial charge >= 0.3 is 6.03 Å². The molecule has 1 aliphatic heterocycles. The number of amides is 2. The van der Waals surface area contributed by atoms with E-state index >= 15 is 0 Å². The van der Waals surface area contributed by atoms with Crippen LogP contribution in [0.15, 0.2) is 78.9 Å². The number of carbonyl (C=O) groups is 1. The summed E-state index contributed by atoms with van der Waals surface area (Å²) in [5.74, 6) is 0.197. The Hall–Kier alpha value is -3.19. The Balaban J connectivity index is 1.51. The first kappa shape index (κ1) is 26.9. The molecule has 0 spiro atoms.